The van der Waals surface area contributed by atoms with Gasteiger partial charge < -0.3 is 5.32 Å². The molecule has 21 heavy (non-hydrogen) atoms. The lowest BCUT2D eigenvalue weighted by atomic mass is 10.1. The monoisotopic (exact) mass is 299 g/mol. The van der Waals surface area contributed by atoms with Crippen molar-refractivity contribution in [2.45, 2.75) is 12.2 Å². The second-order valence-electron chi connectivity index (χ2n) is 4.60. The first-order valence-electron chi connectivity index (χ1n) is 6.72. The van der Waals surface area contributed by atoms with Crippen LogP contribution in [-0.4, -0.2) is 22.7 Å². The summed E-state index contributed by atoms with van der Waals surface area (Å²) in [5, 5.41) is 2.56. The molecule has 0 aliphatic carbocycles. The Morgan fingerprint density at radius 1 is 1.00 bits per heavy atom. The molecule has 0 aliphatic rings. The number of carbonyl (C=O) groups excluding carboxylic acids is 2. The van der Waals surface area contributed by atoms with Crippen LogP contribution in [0, 0.1) is 0 Å². The van der Waals surface area contributed by atoms with Crippen LogP contribution in [0.3, 0.4) is 0 Å². The molecule has 2 aromatic rings. The maximum atomic E-state index is 12.2. The Bertz CT molecular complexity index is 599. The number of para-hydroxylation sites is 1. The zero-order valence-electron chi connectivity index (χ0n) is 11.8. The van der Waals surface area contributed by atoms with Gasteiger partial charge in [-0.05, 0) is 19.1 Å². The molecule has 2 aromatic carbocycles. The molecule has 4 heteroatoms. The Kier molecular flexibility index (Phi) is 5.58. The number of Topliss-reactive ketones (excluding diaryl/α,β-unsaturated/α-hetero) is 1. The molecule has 1 atom stereocenters. The predicted molar refractivity (Wildman–Crippen MR) is 87.8 cm³/mol. The molecule has 0 saturated carbocycles. The number of carbonyl (C=O) groups is 2. The molecule has 1 N–H and O–H groups in total. The van der Waals surface area contributed by atoms with Crippen LogP contribution in [0.15, 0.2) is 60.7 Å². The van der Waals surface area contributed by atoms with Gasteiger partial charge >= 0.3 is 0 Å². The van der Waals surface area contributed by atoms with Crippen molar-refractivity contribution in [1.29, 1.82) is 0 Å². The Morgan fingerprint density at radius 2 is 1.57 bits per heavy atom. The van der Waals surface area contributed by atoms with Gasteiger partial charge in [0.05, 0.1) is 11.0 Å². The van der Waals surface area contributed by atoms with Gasteiger partial charge in [0.15, 0.2) is 5.78 Å². The predicted octanol–water partition coefficient (Wildman–Crippen LogP) is 3.63. The molecule has 0 aliphatic heterocycles. The number of rotatable bonds is 6. The fourth-order valence-electron chi connectivity index (χ4n) is 1.83. The van der Waals surface area contributed by atoms with Crippen LogP contribution < -0.4 is 5.32 Å². The van der Waals surface area contributed by atoms with Crippen molar-refractivity contribution in [1.82, 2.24) is 0 Å². The number of thioether (sulfide) groups is 1. The lowest BCUT2D eigenvalue weighted by molar-refractivity contribution is -0.113. The van der Waals surface area contributed by atoms with Gasteiger partial charge in [-0.1, -0.05) is 48.5 Å². The van der Waals surface area contributed by atoms with Crippen molar-refractivity contribution in [3.05, 3.63) is 66.2 Å². The van der Waals surface area contributed by atoms with E-state index in [1.807, 2.05) is 55.5 Å². The Balaban J connectivity index is 1.82. The van der Waals surface area contributed by atoms with E-state index in [9.17, 15) is 9.59 Å². The van der Waals surface area contributed by atoms with Crippen molar-refractivity contribution < 1.29 is 9.59 Å². The molecule has 0 fully saturated rings. The van der Waals surface area contributed by atoms with Crippen molar-refractivity contribution in [3.8, 4) is 0 Å². The zero-order chi connectivity index (χ0) is 15.1. The Labute approximate surface area is 128 Å². The molecule has 1 amide bonds. The van der Waals surface area contributed by atoms with Crippen LogP contribution in [0.1, 0.15) is 17.3 Å². The van der Waals surface area contributed by atoms with Gasteiger partial charge in [0.2, 0.25) is 5.91 Å². The summed E-state index contributed by atoms with van der Waals surface area (Å²) < 4.78 is 0. The topological polar surface area (TPSA) is 46.2 Å². The summed E-state index contributed by atoms with van der Waals surface area (Å²) in [6, 6.07) is 18.4. The van der Waals surface area contributed by atoms with Gasteiger partial charge in [-0.3, -0.25) is 9.59 Å². The number of ketones is 1. The van der Waals surface area contributed by atoms with Gasteiger partial charge in [0.25, 0.3) is 0 Å². The lowest BCUT2D eigenvalue weighted by Crippen LogP contribution is -2.19. The molecule has 0 radical (unpaired) electrons. The van der Waals surface area contributed by atoms with Crippen LogP contribution in [-0.2, 0) is 4.79 Å². The molecule has 2 rings (SSSR count). The number of anilines is 1. The largest absolute Gasteiger partial charge is 0.325 e. The summed E-state index contributed by atoms with van der Waals surface area (Å²) >= 11 is 1.35. The van der Waals surface area contributed by atoms with Crippen LogP contribution in [0.4, 0.5) is 5.69 Å². The van der Waals surface area contributed by atoms with Crippen LogP contribution in [0.5, 0.6) is 0 Å². The highest BCUT2D eigenvalue weighted by Crippen LogP contribution is 2.17. The molecule has 0 spiro atoms. The summed E-state index contributed by atoms with van der Waals surface area (Å²) in [5.74, 6) is 0.210. The smallest absolute Gasteiger partial charge is 0.234 e. The number of amides is 1. The first kappa shape index (κ1) is 15.3. The second-order valence-corrected chi connectivity index (χ2v) is 5.93. The summed E-state index contributed by atoms with van der Waals surface area (Å²) in [5.41, 5.74) is 1.45. The van der Waals surface area contributed by atoms with Gasteiger partial charge in [0, 0.05) is 11.3 Å². The number of hydrogen-bond donors (Lipinski definition) is 1. The second kappa shape index (κ2) is 7.64. The van der Waals surface area contributed by atoms with E-state index in [1.54, 1.807) is 12.1 Å². The minimum Gasteiger partial charge on any atom is -0.325 e. The molecule has 1 unspecified atom stereocenters. The highest BCUT2D eigenvalue weighted by atomic mass is 32.2. The first-order valence-corrected chi connectivity index (χ1v) is 7.77. The minimum absolute atomic E-state index is 0.0492. The fourth-order valence-corrected chi connectivity index (χ4v) is 2.59. The Hall–Kier alpha value is -2.07. The van der Waals surface area contributed by atoms with Gasteiger partial charge in [-0.15, -0.1) is 11.8 Å². The maximum absolute atomic E-state index is 12.2. The van der Waals surface area contributed by atoms with E-state index < -0.39 is 0 Å². The van der Waals surface area contributed by atoms with E-state index in [1.165, 1.54) is 11.8 Å². The third-order valence-electron chi connectivity index (χ3n) is 2.95. The highest BCUT2D eigenvalue weighted by Gasteiger charge is 2.16. The summed E-state index contributed by atoms with van der Waals surface area (Å²) in [6.07, 6.45) is 0. The molecular formula is C17H17NO2S. The van der Waals surface area contributed by atoms with Crippen molar-refractivity contribution in [3.63, 3.8) is 0 Å². The van der Waals surface area contributed by atoms with E-state index in [0.29, 0.717) is 5.56 Å². The number of hydrogen-bond acceptors (Lipinski definition) is 3. The van der Waals surface area contributed by atoms with E-state index >= 15 is 0 Å². The summed E-state index contributed by atoms with van der Waals surface area (Å²) in [4.78, 5) is 24.0. The lowest BCUT2D eigenvalue weighted by Gasteiger charge is -2.10. The Morgan fingerprint density at radius 3 is 2.19 bits per heavy atom. The highest BCUT2D eigenvalue weighted by molar-refractivity contribution is 8.01. The molecule has 0 saturated heterocycles. The van der Waals surface area contributed by atoms with Crippen molar-refractivity contribution in [2.75, 3.05) is 11.1 Å². The average Bonchev–Trinajstić information content (AvgIpc) is 2.53. The van der Waals surface area contributed by atoms with Crippen molar-refractivity contribution >= 4 is 29.1 Å². The third kappa shape index (κ3) is 4.76. The third-order valence-corrected chi connectivity index (χ3v) is 4.09. The zero-order valence-corrected chi connectivity index (χ0v) is 12.6. The summed E-state index contributed by atoms with van der Waals surface area (Å²) in [6.45, 7) is 1.83. The first-order chi connectivity index (χ1) is 10.2. The number of benzene rings is 2. The van der Waals surface area contributed by atoms with E-state index in [-0.39, 0.29) is 22.7 Å². The van der Waals surface area contributed by atoms with Gasteiger partial charge in [0.1, 0.15) is 0 Å². The molecule has 0 heterocycles. The van der Waals surface area contributed by atoms with Crippen LogP contribution in [0.2, 0.25) is 0 Å². The van der Waals surface area contributed by atoms with Gasteiger partial charge in [-0.25, -0.2) is 0 Å². The van der Waals surface area contributed by atoms with Crippen LogP contribution in [0.25, 0.3) is 0 Å². The SMILES string of the molecule is CC(SCC(=O)Nc1ccccc1)C(=O)c1ccccc1. The average molecular weight is 299 g/mol. The molecule has 108 valence electrons. The normalized spacial score (nSPS) is 11.7. The van der Waals surface area contributed by atoms with E-state index in [4.69, 9.17) is 0 Å². The minimum atomic E-state index is -0.242. The molecule has 0 aromatic heterocycles. The maximum Gasteiger partial charge on any atom is 0.234 e. The van der Waals surface area contributed by atoms with E-state index in [0.717, 1.165) is 5.69 Å². The standard InChI is InChI=1S/C17H17NO2S/c1-13(17(20)14-8-4-2-5-9-14)21-12-16(19)18-15-10-6-3-7-11-15/h2-11,13H,12H2,1H3,(H,18,19). The fraction of sp³-hybridized carbons (Fsp3) is 0.176. The molecule has 0 bridgehead atoms. The quantitative estimate of drug-likeness (QED) is 0.829. The van der Waals surface area contributed by atoms with Crippen molar-refractivity contribution in [2.24, 2.45) is 0 Å². The van der Waals surface area contributed by atoms with Crippen LogP contribution >= 0.6 is 11.8 Å². The number of nitrogens with one attached hydrogen (secondary N) is 1. The molecule has 3 nitrogen and oxygen atoms in total. The van der Waals surface area contributed by atoms with Gasteiger partial charge in [-0.2, -0.15) is 0 Å². The molecular weight excluding hydrogens is 282 g/mol. The van der Waals surface area contributed by atoms with E-state index in [2.05, 4.69) is 5.32 Å². The summed E-state index contributed by atoms with van der Waals surface area (Å²) in [7, 11) is 0.